The molecule has 0 bridgehead atoms. The Labute approximate surface area is 159 Å². The van der Waals surface area contributed by atoms with Crippen LogP contribution in [0.1, 0.15) is 19.8 Å². The smallest absolute Gasteiger partial charge is 0.408 e. The fourth-order valence-corrected chi connectivity index (χ4v) is 3.39. The summed E-state index contributed by atoms with van der Waals surface area (Å²) in [5.74, 6) is -0.759. The summed E-state index contributed by atoms with van der Waals surface area (Å²) in [5.41, 5.74) is 3.10. The molecule has 0 aliphatic carbocycles. The van der Waals surface area contributed by atoms with Gasteiger partial charge in [-0.15, -0.1) is 0 Å². The number of nitrogens with zero attached hydrogens (tertiary/aromatic N) is 2. The van der Waals surface area contributed by atoms with Gasteiger partial charge in [0.1, 0.15) is 0 Å². The van der Waals surface area contributed by atoms with Crippen molar-refractivity contribution in [2.75, 3.05) is 5.32 Å². The molecule has 144 valence electrons. The van der Waals surface area contributed by atoms with E-state index < -0.39 is 5.76 Å². The van der Waals surface area contributed by atoms with Gasteiger partial charge in [-0.1, -0.05) is 19.1 Å². The molecule has 2 aromatic heterocycles. The lowest BCUT2D eigenvalue weighted by Gasteiger charge is -2.06. The number of imidazole rings is 1. The largest absolute Gasteiger partial charge is 0.417 e. The van der Waals surface area contributed by atoms with Crippen molar-refractivity contribution in [2.24, 2.45) is 0 Å². The quantitative estimate of drug-likeness (QED) is 0.537. The molecule has 28 heavy (non-hydrogen) atoms. The number of carbonyl (C=O) groups excluding carboxylic acids is 1. The van der Waals surface area contributed by atoms with E-state index in [-0.39, 0.29) is 24.6 Å². The number of anilines is 1. The van der Waals surface area contributed by atoms with Crippen molar-refractivity contribution < 1.29 is 9.21 Å². The van der Waals surface area contributed by atoms with E-state index in [4.69, 9.17) is 4.42 Å². The first-order valence-electron chi connectivity index (χ1n) is 9.17. The number of oxazole rings is 1. The van der Waals surface area contributed by atoms with Crippen molar-refractivity contribution in [1.29, 1.82) is 0 Å². The summed E-state index contributed by atoms with van der Waals surface area (Å²) >= 11 is 0. The lowest BCUT2D eigenvalue weighted by Crippen LogP contribution is -2.26. The maximum Gasteiger partial charge on any atom is 0.417 e. The van der Waals surface area contributed by atoms with E-state index in [2.05, 4.69) is 10.3 Å². The molecule has 0 saturated heterocycles. The molecule has 4 aromatic rings. The van der Waals surface area contributed by atoms with Crippen LogP contribution in [0, 0.1) is 0 Å². The van der Waals surface area contributed by atoms with Crippen LogP contribution < -0.4 is 16.8 Å². The van der Waals surface area contributed by atoms with Gasteiger partial charge in [0.05, 0.1) is 16.6 Å². The van der Waals surface area contributed by atoms with Gasteiger partial charge in [0.15, 0.2) is 5.58 Å². The third kappa shape index (κ3) is 3.24. The number of amides is 1. The lowest BCUT2D eigenvalue weighted by atomic mass is 10.2. The Morgan fingerprint density at radius 2 is 1.79 bits per heavy atom. The molecule has 2 N–H and O–H groups in total. The molecule has 0 spiro atoms. The number of aryl methyl sites for hydroxylation is 2. The van der Waals surface area contributed by atoms with E-state index in [1.165, 1.54) is 0 Å². The van der Waals surface area contributed by atoms with E-state index in [1.807, 2.05) is 31.2 Å². The lowest BCUT2D eigenvalue weighted by molar-refractivity contribution is -0.116. The van der Waals surface area contributed by atoms with Gasteiger partial charge in [-0.25, -0.2) is 9.59 Å². The van der Waals surface area contributed by atoms with Gasteiger partial charge >= 0.3 is 11.4 Å². The third-order valence-electron chi connectivity index (χ3n) is 4.64. The fraction of sp³-hybridized carbons (Fsp3) is 0.250. The molecule has 0 radical (unpaired) electrons. The van der Waals surface area contributed by atoms with Crippen LogP contribution in [0.2, 0.25) is 0 Å². The zero-order chi connectivity index (χ0) is 19.7. The maximum atomic E-state index is 12.7. The summed E-state index contributed by atoms with van der Waals surface area (Å²) in [6.07, 6.45) is 1.01. The SMILES string of the molecule is CCCn1c(=O)n(CCC(=O)Nc2ccc3oc(=O)[nH]c3c2)c2ccccc21. The van der Waals surface area contributed by atoms with Crippen molar-refractivity contribution in [2.45, 2.75) is 32.9 Å². The van der Waals surface area contributed by atoms with Crippen molar-refractivity contribution in [1.82, 2.24) is 14.1 Å². The summed E-state index contributed by atoms with van der Waals surface area (Å²) in [6.45, 7) is 2.95. The van der Waals surface area contributed by atoms with Gasteiger partial charge < -0.3 is 9.73 Å². The van der Waals surface area contributed by atoms with Gasteiger partial charge in [-0.2, -0.15) is 0 Å². The third-order valence-corrected chi connectivity index (χ3v) is 4.64. The van der Waals surface area contributed by atoms with Crippen LogP contribution in [0.5, 0.6) is 0 Å². The number of H-pyrrole nitrogens is 1. The zero-order valence-electron chi connectivity index (χ0n) is 15.4. The van der Waals surface area contributed by atoms with E-state index in [0.29, 0.717) is 23.3 Å². The monoisotopic (exact) mass is 380 g/mol. The minimum absolute atomic E-state index is 0.103. The van der Waals surface area contributed by atoms with Crippen LogP contribution in [-0.2, 0) is 17.9 Å². The van der Waals surface area contributed by atoms with E-state index in [9.17, 15) is 14.4 Å². The van der Waals surface area contributed by atoms with Gasteiger partial charge in [-0.05, 0) is 36.8 Å². The zero-order valence-corrected chi connectivity index (χ0v) is 15.4. The summed E-state index contributed by atoms with van der Waals surface area (Å²) in [7, 11) is 0. The second-order valence-corrected chi connectivity index (χ2v) is 6.60. The molecule has 0 fully saturated rings. The molecule has 0 saturated carbocycles. The molecule has 0 unspecified atom stereocenters. The van der Waals surface area contributed by atoms with Gasteiger partial charge in [-0.3, -0.25) is 18.9 Å². The number of fused-ring (bicyclic) bond motifs is 2. The van der Waals surface area contributed by atoms with Crippen LogP contribution in [0.25, 0.3) is 22.1 Å². The number of para-hydroxylation sites is 2. The molecule has 8 nitrogen and oxygen atoms in total. The fourth-order valence-electron chi connectivity index (χ4n) is 3.39. The molecule has 2 aromatic carbocycles. The highest BCUT2D eigenvalue weighted by Gasteiger charge is 2.13. The van der Waals surface area contributed by atoms with Crippen LogP contribution in [0.15, 0.2) is 56.5 Å². The highest BCUT2D eigenvalue weighted by molar-refractivity contribution is 5.92. The second-order valence-electron chi connectivity index (χ2n) is 6.60. The molecule has 0 aliphatic heterocycles. The number of benzene rings is 2. The van der Waals surface area contributed by atoms with E-state index >= 15 is 0 Å². The van der Waals surface area contributed by atoms with Crippen molar-refractivity contribution in [3.8, 4) is 0 Å². The number of hydrogen-bond donors (Lipinski definition) is 2. The summed E-state index contributed by atoms with van der Waals surface area (Å²) in [5, 5.41) is 2.79. The Morgan fingerprint density at radius 1 is 1.07 bits per heavy atom. The standard InChI is InChI=1S/C20H20N4O4/c1-2-10-23-15-5-3-4-6-16(15)24(20(23)27)11-9-18(25)21-13-7-8-17-14(12-13)22-19(26)28-17/h3-8,12H,2,9-11H2,1H3,(H,21,25)(H,22,26). The van der Waals surface area contributed by atoms with Crippen molar-refractivity contribution in [3.63, 3.8) is 0 Å². The normalized spacial score (nSPS) is 11.3. The summed E-state index contributed by atoms with van der Waals surface area (Å²) in [4.78, 5) is 38.9. The number of nitrogens with one attached hydrogen (secondary N) is 2. The first-order valence-corrected chi connectivity index (χ1v) is 9.17. The predicted octanol–water partition coefficient (Wildman–Crippen LogP) is 2.68. The van der Waals surface area contributed by atoms with E-state index in [1.54, 1.807) is 27.3 Å². The Morgan fingerprint density at radius 3 is 2.50 bits per heavy atom. The molecule has 8 heteroatoms. The number of carbonyl (C=O) groups is 1. The molecular formula is C20H20N4O4. The first-order chi connectivity index (χ1) is 13.6. The average molecular weight is 380 g/mol. The molecule has 1 amide bonds. The van der Waals surface area contributed by atoms with Crippen LogP contribution in [-0.4, -0.2) is 20.0 Å². The Hall–Kier alpha value is -3.55. The highest BCUT2D eigenvalue weighted by atomic mass is 16.4. The predicted molar refractivity (Wildman–Crippen MR) is 107 cm³/mol. The Kier molecular flexibility index (Phi) is 4.60. The van der Waals surface area contributed by atoms with E-state index in [0.717, 1.165) is 17.5 Å². The molecule has 4 rings (SSSR count). The number of aromatic amines is 1. The number of aromatic nitrogens is 3. The van der Waals surface area contributed by atoms with Gasteiger partial charge in [0.2, 0.25) is 5.91 Å². The minimum Gasteiger partial charge on any atom is -0.408 e. The Bertz CT molecular complexity index is 1270. The number of hydrogen-bond acceptors (Lipinski definition) is 4. The van der Waals surface area contributed by atoms with Crippen molar-refractivity contribution in [3.05, 3.63) is 63.5 Å². The molecule has 0 atom stereocenters. The minimum atomic E-state index is -0.540. The van der Waals surface area contributed by atoms with Crippen LogP contribution in [0.3, 0.4) is 0 Å². The van der Waals surface area contributed by atoms with Crippen LogP contribution in [0.4, 0.5) is 5.69 Å². The number of rotatable bonds is 6. The Balaban J connectivity index is 1.52. The molecular weight excluding hydrogens is 360 g/mol. The van der Waals surface area contributed by atoms with Crippen LogP contribution >= 0.6 is 0 Å². The average Bonchev–Trinajstić information content (AvgIpc) is 3.17. The molecule has 0 aliphatic rings. The molecule has 2 heterocycles. The highest BCUT2D eigenvalue weighted by Crippen LogP contribution is 2.17. The summed E-state index contributed by atoms with van der Waals surface area (Å²) < 4.78 is 8.33. The first kappa shape index (κ1) is 17.8. The topological polar surface area (TPSA) is 102 Å². The maximum absolute atomic E-state index is 12.7. The van der Waals surface area contributed by atoms with Crippen molar-refractivity contribution >= 4 is 33.7 Å². The summed E-state index contributed by atoms with van der Waals surface area (Å²) in [6, 6.07) is 12.5. The van der Waals surface area contributed by atoms with Gasteiger partial charge in [0, 0.05) is 25.2 Å². The second kappa shape index (κ2) is 7.22. The van der Waals surface area contributed by atoms with Gasteiger partial charge in [0.25, 0.3) is 0 Å².